The SMILES string of the molecule is Cc1cc(OC(C)C(=O)N2CCC3CCC(C2)N3)ccc1Cl.Cl. The highest BCUT2D eigenvalue weighted by Gasteiger charge is 2.33. The standard InChI is InChI=1S/C17H23ClN2O2.ClH/c1-11-9-15(5-6-16(11)18)22-12(2)17(21)20-8-7-13-3-4-14(10-20)19-13;/h5-6,9,12-14,19H,3-4,7-8,10H2,1-2H3;1H. The molecule has 23 heavy (non-hydrogen) atoms. The van der Waals surface area contributed by atoms with Gasteiger partial charge in [-0.25, -0.2) is 0 Å². The van der Waals surface area contributed by atoms with Gasteiger partial charge in [0.1, 0.15) is 5.75 Å². The highest BCUT2D eigenvalue weighted by atomic mass is 35.5. The number of fused-ring (bicyclic) bond motifs is 2. The third-order valence-electron chi connectivity index (χ3n) is 4.62. The quantitative estimate of drug-likeness (QED) is 0.901. The number of benzene rings is 1. The van der Waals surface area contributed by atoms with E-state index in [1.165, 1.54) is 12.8 Å². The van der Waals surface area contributed by atoms with Crippen molar-refractivity contribution in [3.05, 3.63) is 28.8 Å². The molecule has 2 saturated heterocycles. The van der Waals surface area contributed by atoms with Crippen molar-refractivity contribution < 1.29 is 9.53 Å². The molecule has 6 heteroatoms. The average molecular weight is 359 g/mol. The number of nitrogens with one attached hydrogen (secondary N) is 1. The second-order valence-corrected chi connectivity index (χ2v) is 6.79. The predicted molar refractivity (Wildman–Crippen MR) is 94.7 cm³/mol. The van der Waals surface area contributed by atoms with Crippen LogP contribution in [-0.2, 0) is 4.79 Å². The van der Waals surface area contributed by atoms with E-state index in [4.69, 9.17) is 16.3 Å². The monoisotopic (exact) mass is 358 g/mol. The van der Waals surface area contributed by atoms with E-state index in [0.717, 1.165) is 25.1 Å². The summed E-state index contributed by atoms with van der Waals surface area (Å²) in [5.74, 6) is 0.763. The topological polar surface area (TPSA) is 41.6 Å². The van der Waals surface area contributed by atoms with Gasteiger partial charge in [-0.15, -0.1) is 12.4 Å². The lowest BCUT2D eigenvalue weighted by Crippen LogP contribution is -2.44. The van der Waals surface area contributed by atoms with Crippen molar-refractivity contribution in [2.24, 2.45) is 0 Å². The molecule has 0 spiro atoms. The Morgan fingerprint density at radius 2 is 2.09 bits per heavy atom. The number of amides is 1. The van der Waals surface area contributed by atoms with Crippen LogP contribution in [0.3, 0.4) is 0 Å². The molecule has 3 atom stereocenters. The van der Waals surface area contributed by atoms with Crippen LogP contribution in [0.25, 0.3) is 0 Å². The number of carbonyl (C=O) groups excluding carboxylic acids is 1. The maximum atomic E-state index is 12.6. The molecule has 4 nitrogen and oxygen atoms in total. The van der Waals surface area contributed by atoms with Gasteiger partial charge in [0.2, 0.25) is 0 Å². The number of hydrogen-bond acceptors (Lipinski definition) is 3. The molecule has 2 aliphatic heterocycles. The number of hydrogen-bond donors (Lipinski definition) is 1. The molecule has 1 aromatic rings. The Balaban J connectivity index is 0.00000192. The fourth-order valence-electron chi connectivity index (χ4n) is 3.35. The summed E-state index contributed by atoms with van der Waals surface area (Å²) in [4.78, 5) is 14.6. The summed E-state index contributed by atoms with van der Waals surface area (Å²) in [7, 11) is 0. The van der Waals surface area contributed by atoms with Gasteiger partial charge in [0.25, 0.3) is 5.91 Å². The van der Waals surface area contributed by atoms with Gasteiger partial charge in [-0.05, 0) is 56.9 Å². The van der Waals surface area contributed by atoms with Crippen LogP contribution in [0.4, 0.5) is 0 Å². The smallest absolute Gasteiger partial charge is 0.263 e. The first-order valence-corrected chi connectivity index (χ1v) is 8.38. The highest BCUT2D eigenvalue weighted by molar-refractivity contribution is 6.31. The van der Waals surface area contributed by atoms with Crippen LogP contribution < -0.4 is 10.1 Å². The lowest BCUT2D eigenvalue weighted by atomic mass is 10.1. The number of halogens is 2. The first-order chi connectivity index (χ1) is 10.5. The second-order valence-electron chi connectivity index (χ2n) is 6.38. The Morgan fingerprint density at radius 1 is 1.35 bits per heavy atom. The van der Waals surface area contributed by atoms with Crippen LogP contribution in [0.1, 0.15) is 31.7 Å². The molecule has 2 fully saturated rings. The van der Waals surface area contributed by atoms with Crippen molar-refractivity contribution in [2.75, 3.05) is 13.1 Å². The Bertz CT molecular complexity index is 568. The molecule has 0 radical (unpaired) electrons. The predicted octanol–water partition coefficient (Wildman–Crippen LogP) is 3.19. The normalized spacial score (nSPS) is 24.6. The van der Waals surface area contributed by atoms with Crippen LogP contribution in [0.5, 0.6) is 5.75 Å². The van der Waals surface area contributed by atoms with Gasteiger partial charge in [0.15, 0.2) is 6.10 Å². The molecule has 3 unspecified atom stereocenters. The van der Waals surface area contributed by atoms with E-state index in [-0.39, 0.29) is 18.3 Å². The Hall–Kier alpha value is -0.970. The van der Waals surface area contributed by atoms with Gasteiger partial charge >= 0.3 is 0 Å². The van der Waals surface area contributed by atoms with Crippen LogP contribution in [0.2, 0.25) is 5.02 Å². The van der Waals surface area contributed by atoms with Crippen molar-refractivity contribution in [1.29, 1.82) is 0 Å². The molecular weight excluding hydrogens is 335 g/mol. The number of aryl methyl sites for hydroxylation is 1. The minimum Gasteiger partial charge on any atom is -0.481 e. The van der Waals surface area contributed by atoms with Crippen LogP contribution in [0.15, 0.2) is 18.2 Å². The minimum absolute atomic E-state index is 0. The zero-order chi connectivity index (χ0) is 15.7. The van der Waals surface area contributed by atoms with E-state index in [2.05, 4.69) is 5.32 Å². The summed E-state index contributed by atoms with van der Waals surface area (Å²) >= 11 is 6.02. The Kier molecular flexibility index (Phi) is 6.18. The molecule has 128 valence electrons. The molecule has 1 N–H and O–H groups in total. The largest absolute Gasteiger partial charge is 0.481 e. The van der Waals surface area contributed by atoms with E-state index in [1.807, 2.05) is 30.9 Å². The summed E-state index contributed by atoms with van der Waals surface area (Å²) in [5, 5.41) is 4.30. The van der Waals surface area contributed by atoms with Crippen molar-refractivity contribution in [3.63, 3.8) is 0 Å². The third-order valence-corrected chi connectivity index (χ3v) is 5.05. The zero-order valence-electron chi connectivity index (χ0n) is 13.5. The van der Waals surface area contributed by atoms with Crippen molar-refractivity contribution in [3.8, 4) is 5.75 Å². The van der Waals surface area contributed by atoms with Crippen LogP contribution in [-0.4, -0.2) is 42.1 Å². The van der Waals surface area contributed by atoms with Crippen molar-refractivity contribution in [2.45, 2.75) is 51.3 Å². The van der Waals surface area contributed by atoms with Gasteiger partial charge in [-0.1, -0.05) is 11.6 Å². The van der Waals surface area contributed by atoms with Crippen LogP contribution >= 0.6 is 24.0 Å². The zero-order valence-corrected chi connectivity index (χ0v) is 15.1. The van der Waals surface area contributed by atoms with E-state index in [0.29, 0.717) is 22.9 Å². The summed E-state index contributed by atoms with van der Waals surface area (Å²) in [6, 6.07) is 6.51. The van der Waals surface area contributed by atoms with E-state index >= 15 is 0 Å². The van der Waals surface area contributed by atoms with Gasteiger partial charge in [0.05, 0.1) is 0 Å². The molecule has 0 aliphatic carbocycles. The Morgan fingerprint density at radius 3 is 2.83 bits per heavy atom. The molecule has 2 bridgehead atoms. The Labute approximate surface area is 148 Å². The molecule has 0 saturated carbocycles. The first kappa shape index (κ1) is 18.4. The third kappa shape index (κ3) is 4.31. The summed E-state index contributed by atoms with van der Waals surface area (Å²) in [6.07, 6.45) is 2.97. The molecule has 1 aromatic carbocycles. The number of ether oxygens (including phenoxy) is 1. The van der Waals surface area contributed by atoms with E-state index < -0.39 is 6.10 Å². The fraction of sp³-hybridized carbons (Fsp3) is 0.588. The number of nitrogens with zero attached hydrogens (tertiary/aromatic N) is 1. The highest BCUT2D eigenvalue weighted by Crippen LogP contribution is 2.24. The number of rotatable bonds is 3. The molecular formula is C17H24Cl2N2O2. The van der Waals surface area contributed by atoms with Crippen molar-refractivity contribution in [1.82, 2.24) is 10.2 Å². The maximum absolute atomic E-state index is 12.6. The number of likely N-dealkylation sites (tertiary alicyclic amines) is 1. The summed E-state index contributed by atoms with van der Waals surface area (Å²) in [6.45, 7) is 5.37. The maximum Gasteiger partial charge on any atom is 0.263 e. The van der Waals surface area contributed by atoms with Gasteiger partial charge < -0.3 is 15.0 Å². The van der Waals surface area contributed by atoms with Gasteiger partial charge in [-0.3, -0.25) is 4.79 Å². The second kappa shape index (κ2) is 7.73. The van der Waals surface area contributed by atoms with Gasteiger partial charge in [-0.2, -0.15) is 0 Å². The van der Waals surface area contributed by atoms with E-state index in [1.54, 1.807) is 6.07 Å². The van der Waals surface area contributed by atoms with E-state index in [9.17, 15) is 4.79 Å². The lowest BCUT2D eigenvalue weighted by Gasteiger charge is -2.27. The summed E-state index contributed by atoms with van der Waals surface area (Å²) in [5.41, 5.74) is 0.954. The minimum atomic E-state index is -0.475. The van der Waals surface area contributed by atoms with Gasteiger partial charge in [0, 0.05) is 30.2 Å². The molecule has 1 amide bonds. The number of carbonyl (C=O) groups is 1. The lowest BCUT2D eigenvalue weighted by molar-refractivity contribution is -0.138. The fourth-order valence-corrected chi connectivity index (χ4v) is 3.46. The molecule has 0 aromatic heterocycles. The van der Waals surface area contributed by atoms with Crippen molar-refractivity contribution >= 4 is 29.9 Å². The summed E-state index contributed by atoms with van der Waals surface area (Å²) < 4.78 is 5.82. The molecule has 2 heterocycles. The molecule has 3 rings (SSSR count). The van der Waals surface area contributed by atoms with Crippen LogP contribution in [0, 0.1) is 6.92 Å². The average Bonchev–Trinajstić information content (AvgIpc) is 2.81. The molecule has 2 aliphatic rings. The first-order valence-electron chi connectivity index (χ1n) is 8.00.